The molecule has 12 rings (SSSR count). The number of aryl methyl sites for hydroxylation is 2. The van der Waals surface area contributed by atoms with Crippen LogP contribution in [0, 0.1) is 13.8 Å². The van der Waals surface area contributed by atoms with Crippen LogP contribution in [0.2, 0.25) is 0 Å². The van der Waals surface area contributed by atoms with Crippen LogP contribution in [0.25, 0.3) is 33.1 Å². The molecule has 0 saturated carbocycles. The topological polar surface area (TPSA) is 19.6 Å². The normalized spacial score (nSPS) is 18.1. The first-order valence-corrected chi connectivity index (χ1v) is 24.9. The smallest absolute Gasteiger partial charge is 0.252 e. The molecule has 0 spiro atoms. The number of rotatable bonds is 3. The molecule has 0 amide bonds. The molecule has 336 valence electrons. The first kappa shape index (κ1) is 42.4. The first-order valence-electron chi connectivity index (χ1n) is 24.9. The molecule has 0 N–H and O–H groups in total. The highest BCUT2D eigenvalue weighted by atomic mass is 16.3. The molecule has 4 aliphatic rings. The maximum atomic E-state index is 6.96. The van der Waals surface area contributed by atoms with Crippen molar-refractivity contribution >= 4 is 79.2 Å². The largest absolute Gasteiger partial charge is 0.456 e. The van der Waals surface area contributed by atoms with Crippen LogP contribution in [0.4, 0.5) is 34.1 Å². The van der Waals surface area contributed by atoms with Crippen LogP contribution < -0.4 is 26.2 Å². The summed E-state index contributed by atoms with van der Waals surface area (Å²) in [5.41, 5.74) is 25.9. The van der Waals surface area contributed by atoms with Crippen LogP contribution in [-0.4, -0.2) is 6.71 Å². The zero-order valence-corrected chi connectivity index (χ0v) is 42.0. The van der Waals surface area contributed by atoms with E-state index in [1.165, 1.54) is 119 Å². The van der Waals surface area contributed by atoms with Gasteiger partial charge in [-0.1, -0.05) is 143 Å². The van der Waals surface area contributed by atoms with E-state index in [1.807, 2.05) is 0 Å². The Hall–Kier alpha value is -6.00. The second-order valence-electron chi connectivity index (χ2n) is 24.5. The average Bonchev–Trinajstić information content (AvgIpc) is 3.72. The molecule has 8 aromatic rings. The standard InChI is InChI=1S/C63H65BN2O/c1-37-27-54-58-55(28-37)66(51-33-46-44(29-38(51)2)60(6,7)25-26-61(46,8)9)53-34-47-45(62(10,11)36-63(47,12)13)32-48(53)64(58)49-35-57-43(42-30-40(59(3,4)5)23-24-56(42)67-57)31-52(49)65(54)50-22-18-17-21-41(50)39-19-15-14-16-20-39/h14-24,27-35H,25-26,36H2,1-13H3. The van der Waals surface area contributed by atoms with Gasteiger partial charge in [-0.25, -0.2) is 0 Å². The summed E-state index contributed by atoms with van der Waals surface area (Å²) >= 11 is 0. The van der Waals surface area contributed by atoms with Gasteiger partial charge in [0.2, 0.25) is 0 Å². The zero-order chi connectivity index (χ0) is 46.9. The quantitative estimate of drug-likeness (QED) is 0.165. The number of para-hydroxylation sites is 1. The molecule has 3 nitrogen and oxygen atoms in total. The molecule has 0 fully saturated rings. The molecular formula is C63H65BN2O. The van der Waals surface area contributed by atoms with E-state index in [1.54, 1.807) is 0 Å². The van der Waals surface area contributed by atoms with Gasteiger partial charge in [-0.2, -0.15) is 0 Å². The minimum Gasteiger partial charge on any atom is -0.456 e. The number of anilines is 6. The van der Waals surface area contributed by atoms with Crippen molar-refractivity contribution in [1.82, 2.24) is 0 Å². The Morgan fingerprint density at radius 3 is 1.73 bits per heavy atom. The van der Waals surface area contributed by atoms with Gasteiger partial charge in [0.1, 0.15) is 11.2 Å². The van der Waals surface area contributed by atoms with Crippen molar-refractivity contribution in [2.45, 2.75) is 136 Å². The molecule has 2 aliphatic heterocycles. The van der Waals surface area contributed by atoms with Crippen molar-refractivity contribution in [3.05, 3.63) is 160 Å². The molecule has 0 radical (unpaired) electrons. The second-order valence-corrected chi connectivity index (χ2v) is 24.5. The molecule has 0 saturated heterocycles. The fourth-order valence-electron chi connectivity index (χ4n) is 13.3. The van der Waals surface area contributed by atoms with Crippen molar-refractivity contribution in [3.63, 3.8) is 0 Å². The van der Waals surface area contributed by atoms with Gasteiger partial charge in [-0.15, -0.1) is 0 Å². The van der Waals surface area contributed by atoms with Gasteiger partial charge >= 0.3 is 0 Å². The molecular weight excluding hydrogens is 812 g/mol. The van der Waals surface area contributed by atoms with Crippen molar-refractivity contribution in [2.24, 2.45) is 0 Å². The Morgan fingerprint density at radius 1 is 0.493 bits per heavy atom. The second kappa shape index (κ2) is 13.8. The molecule has 3 heterocycles. The van der Waals surface area contributed by atoms with E-state index in [-0.39, 0.29) is 33.8 Å². The SMILES string of the molecule is Cc1cc2c3c(c1)N(c1ccccc1-c1ccccc1)c1cc4c(cc1B3c1cc3c(cc1N2c1cc2c(cc1C)C(C)(C)CCC2(C)C)C(C)(C)CC3(C)C)oc1ccc(C(C)(C)C)cc14. The monoisotopic (exact) mass is 877 g/mol. The summed E-state index contributed by atoms with van der Waals surface area (Å²) in [5.74, 6) is 0. The van der Waals surface area contributed by atoms with Crippen LogP contribution in [-0.2, 0) is 27.1 Å². The molecule has 4 heteroatoms. The molecule has 0 unspecified atom stereocenters. The Bertz CT molecular complexity index is 3410. The van der Waals surface area contributed by atoms with Crippen LogP contribution >= 0.6 is 0 Å². The van der Waals surface area contributed by atoms with Crippen LogP contribution in [0.5, 0.6) is 0 Å². The van der Waals surface area contributed by atoms with E-state index in [9.17, 15) is 0 Å². The highest BCUT2D eigenvalue weighted by Crippen LogP contribution is 2.55. The zero-order valence-electron chi connectivity index (χ0n) is 42.0. The Labute approximate surface area is 399 Å². The van der Waals surface area contributed by atoms with Gasteiger partial charge in [0.25, 0.3) is 6.71 Å². The van der Waals surface area contributed by atoms with Crippen LogP contribution in [0.15, 0.2) is 126 Å². The lowest BCUT2D eigenvalue weighted by Gasteiger charge is -2.46. The third-order valence-electron chi connectivity index (χ3n) is 16.8. The Morgan fingerprint density at radius 2 is 1.04 bits per heavy atom. The maximum absolute atomic E-state index is 6.96. The Kier molecular flexibility index (Phi) is 8.73. The summed E-state index contributed by atoms with van der Waals surface area (Å²) in [4.78, 5) is 5.31. The maximum Gasteiger partial charge on any atom is 0.252 e. The molecule has 7 aromatic carbocycles. The van der Waals surface area contributed by atoms with E-state index in [0.717, 1.165) is 23.0 Å². The third kappa shape index (κ3) is 6.16. The predicted molar refractivity (Wildman–Crippen MR) is 287 cm³/mol. The van der Waals surface area contributed by atoms with Gasteiger partial charge in [0.05, 0.1) is 5.69 Å². The molecule has 1 aromatic heterocycles. The van der Waals surface area contributed by atoms with Gasteiger partial charge in [-0.3, -0.25) is 0 Å². The molecule has 0 atom stereocenters. The van der Waals surface area contributed by atoms with Crippen LogP contribution in [0.3, 0.4) is 0 Å². The highest BCUT2D eigenvalue weighted by molar-refractivity contribution is 7.00. The lowest BCUT2D eigenvalue weighted by atomic mass is 9.33. The van der Waals surface area contributed by atoms with E-state index in [0.29, 0.717) is 0 Å². The minimum absolute atomic E-state index is 0.00215. The van der Waals surface area contributed by atoms with Gasteiger partial charge in [0.15, 0.2) is 0 Å². The summed E-state index contributed by atoms with van der Waals surface area (Å²) in [7, 11) is 0. The third-order valence-corrected chi connectivity index (χ3v) is 16.8. The van der Waals surface area contributed by atoms with Gasteiger partial charge in [-0.05, 0) is 176 Å². The minimum atomic E-state index is -0.0344. The first-order chi connectivity index (χ1) is 31.6. The van der Waals surface area contributed by atoms with Crippen molar-refractivity contribution < 1.29 is 4.42 Å². The highest BCUT2D eigenvalue weighted by Gasteiger charge is 2.49. The van der Waals surface area contributed by atoms with E-state index >= 15 is 0 Å². The number of nitrogens with zero attached hydrogens (tertiary/aromatic N) is 2. The number of furan rings is 1. The van der Waals surface area contributed by atoms with Crippen molar-refractivity contribution in [1.29, 1.82) is 0 Å². The van der Waals surface area contributed by atoms with Gasteiger partial charge in [0, 0.05) is 44.8 Å². The molecule has 0 bridgehead atoms. The van der Waals surface area contributed by atoms with E-state index < -0.39 is 0 Å². The lowest BCUT2D eigenvalue weighted by molar-refractivity contribution is 0.332. The summed E-state index contributed by atoms with van der Waals surface area (Å²) in [5, 5.41) is 2.33. The van der Waals surface area contributed by atoms with Crippen molar-refractivity contribution in [2.75, 3.05) is 9.80 Å². The summed E-state index contributed by atoms with van der Waals surface area (Å²) in [6.07, 6.45) is 3.47. The van der Waals surface area contributed by atoms with E-state index in [2.05, 4.69) is 221 Å². The number of hydrogen-bond donors (Lipinski definition) is 0. The lowest BCUT2D eigenvalue weighted by Crippen LogP contribution is -2.61. The van der Waals surface area contributed by atoms with Crippen molar-refractivity contribution in [3.8, 4) is 11.1 Å². The van der Waals surface area contributed by atoms with Crippen LogP contribution in [0.1, 0.15) is 134 Å². The van der Waals surface area contributed by atoms with E-state index in [4.69, 9.17) is 4.42 Å². The number of hydrogen-bond acceptors (Lipinski definition) is 3. The number of fused-ring (bicyclic) bond motifs is 9. The average molecular weight is 877 g/mol. The molecule has 2 aliphatic carbocycles. The fourth-order valence-corrected chi connectivity index (χ4v) is 13.3. The Balaban J connectivity index is 1.22. The summed E-state index contributed by atoms with van der Waals surface area (Å²) in [6, 6.07) is 47.1. The fraction of sp³-hybridized carbons (Fsp3) is 0.333. The molecule has 67 heavy (non-hydrogen) atoms. The summed E-state index contributed by atoms with van der Waals surface area (Å²) < 4.78 is 6.96. The summed E-state index contributed by atoms with van der Waals surface area (Å²) in [6.45, 7) is 31.2. The van der Waals surface area contributed by atoms with Gasteiger partial charge < -0.3 is 14.2 Å². The predicted octanol–water partition coefficient (Wildman–Crippen LogP) is 15.6. The number of benzene rings is 7.